The van der Waals surface area contributed by atoms with E-state index in [2.05, 4.69) is 19.6 Å². The summed E-state index contributed by atoms with van der Waals surface area (Å²) >= 11 is 0. The van der Waals surface area contributed by atoms with Crippen molar-refractivity contribution in [1.29, 1.82) is 0 Å². The van der Waals surface area contributed by atoms with E-state index in [0.717, 1.165) is 6.04 Å². The summed E-state index contributed by atoms with van der Waals surface area (Å²) in [4.78, 5) is 11.8. The summed E-state index contributed by atoms with van der Waals surface area (Å²) in [5, 5.41) is 0. The van der Waals surface area contributed by atoms with E-state index in [9.17, 15) is 13.6 Å². The van der Waals surface area contributed by atoms with Crippen LogP contribution in [0.25, 0.3) is 0 Å². The first-order chi connectivity index (χ1) is 8.08. The smallest absolute Gasteiger partial charge is 0.332 e. The zero-order valence-corrected chi connectivity index (χ0v) is 12.4. The molecule has 0 saturated heterocycles. The first kappa shape index (κ1) is 15.6. The van der Waals surface area contributed by atoms with E-state index in [0.29, 0.717) is 12.8 Å². The Balaban J connectivity index is 2.59. The minimum atomic E-state index is -3.15. The summed E-state index contributed by atoms with van der Waals surface area (Å²) < 4.78 is 32.5. The molecule has 0 heterocycles. The fraction of sp³-hybridized carbons (Fsp3) is 0.917. The maximum absolute atomic E-state index is 13.7. The van der Waals surface area contributed by atoms with Crippen LogP contribution in [-0.2, 0) is 9.53 Å². The standard InChI is InChI=1S/C12H23F2NO2Si/c1-18(2,3)9-8-17-10(16)11(15)6-4-5-7-12(11,13)14/h4-9,15H2,1-3H3/t11-/m1/s1. The van der Waals surface area contributed by atoms with Gasteiger partial charge >= 0.3 is 5.97 Å². The molecule has 0 aromatic carbocycles. The number of hydrogen-bond acceptors (Lipinski definition) is 3. The molecule has 106 valence electrons. The van der Waals surface area contributed by atoms with Crippen LogP contribution >= 0.6 is 0 Å². The van der Waals surface area contributed by atoms with E-state index >= 15 is 0 Å². The van der Waals surface area contributed by atoms with Crippen molar-refractivity contribution in [2.24, 2.45) is 5.73 Å². The number of rotatable bonds is 4. The Morgan fingerprint density at radius 2 is 1.83 bits per heavy atom. The lowest BCUT2D eigenvalue weighted by Gasteiger charge is -2.38. The summed E-state index contributed by atoms with van der Waals surface area (Å²) in [5.74, 6) is -4.09. The van der Waals surface area contributed by atoms with Crippen molar-refractivity contribution in [3.05, 3.63) is 0 Å². The SMILES string of the molecule is C[Si](C)(C)CCOC(=O)[C@]1(N)CCCCC1(F)F. The first-order valence-electron chi connectivity index (χ1n) is 6.42. The fourth-order valence-corrected chi connectivity index (χ4v) is 2.70. The Kier molecular flexibility index (Phi) is 4.54. The average molecular weight is 279 g/mol. The average Bonchev–Trinajstić information content (AvgIpc) is 2.20. The molecule has 0 aromatic heterocycles. The Bertz CT molecular complexity index is 318. The number of nitrogens with two attached hydrogens (primary N) is 1. The van der Waals surface area contributed by atoms with E-state index in [1.165, 1.54) is 0 Å². The minimum absolute atomic E-state index is 0.00573. The maximum Gasteiger partial charge on any atom is 0.332 e. The first-order valence-corrected chi connectivity index (χ1v) is 10.1. The monoisotopic (exact) mass is 279 g/mol. The molecular weight excluding hydrogens is 256 g/mol. The zero-order valence-electron chi connectivity index (χ0n) is 11.4. The van der Waals surface area contributed by atoms with Crippen LogP contribution in [0.5, 0.6) is 0 Å². The van der Waals surface area contributed by atoms with Crippen LogP contribution in [0.1, 0.15) is 25.7 Å². The third-order valence-electron chi connectivity index (χ3n) is 3.41. The number of ether oxygens (including phenoxy) is 1. The van der Waals surface area contributed by atoms with Crippen molar-refractivity contribution >= 4 is 14.0 Å². The van der Waals surface area contributed by atoms with Gasteiger partial charge in [-0.25, -0.2) is 13.6 Å². The molecule has 6 heteroatoms. The van der Waals surface area contributed by atoms with Gasteiger partial charge in [-0.15, -0.1) is 0 Å². The van der Waals surface area contributed by atoms with Crippen LogP contribution in [-0.4, -0.2) is 32.1 Å². The number of carbonyl (C=O) groups excluding carboxylic acids is 1. The minimum Gasteiger partial charge on any atom is -0.464 e. The molecule has 0 aromatic rings. The van der Waals surface area contributed by atoms with Crippen molar-refractivity contribution in [2.75, 3.05) is 6.61 Å². The van der Waals surface area contributed by atoms with E-state index in [1.54, 1.807) is 0 Å². The van der Waals surface area contributed by atoms with E-state index < -0.39 is 25.5 Å². The number of esters is 1. The van der Waals surface area contributed by atoms with E-state index in [1.807, 2.05) is 0 Å². The van der Waals surface area contributed by atoms with Crippen LogP contribution in [0.15, 0.2) is 0 Å². The second kappa shape index (κ2) is 5.25. The van der Waals surface area contributed by atoms with Gasteiger partial charge in [0.05, 0.1) is 6.61 Å². The quantitative estimate of drug-likeness (QED) is 0.636. The highest BCUT2D eigenvalue weighted by molar-refractivity contribution is 6.76. The van der Waals surface area contributed by atoms with E-state index in [-0.39, 0.29) is 19.4 Å². The van der Waals surface area contributed by atoms with Crippen LogP contribution in [0.4, 0.5) is 8.78 Å². The molecule has 2 N–H and O–H groups in total. The second-order valence-electron chi connectivity index (χ2n) is 6.33. The van der Waals surface area contributed by atoms with Crippen molar-refractivity contribution in [3.8, 4) is 0 Å². The molecule has 1 saturated carbocycles. The summed E-state index contributed by atoms with van der Waals surface area (Å²) in [6.07, 6.45) is 0.641. The highest BCUT2D eigenvalue weighted by Crippen LogP contribution is 2.40. The van der Waals surface area contributed by atoms with Crippen molar-refractivity contribution in [2.45, 2.75) is 62.8 Å². The molecule has 0 aliphatic heterocycles. The van der Waals surface area contributed by atoms with Crippen molar-refractivity contribution in [3.63, 3.8) is 0 Å². The summed E-state index contributed by atoms with van der Waals surface area (Å²) in [7, 11) is -1.34. The molecule has 0 bridgehead atoms. The molecule has 1 aliphatic rings. The topological polar surface area (TPSA) is 52.3 Å². The Labute approximate surface area is 108 Å². The van der Waals surface area contributed by atoms with Crippen LogP contribution in [0.3, 0.4) is 0 Å². The van der Waals surface area contributed by atoms with Crippen molar-refractivity contribution < 1.29 is 18.3 Å². The molecule has 0 unspecified atom stereocenters. The Morgan fingerprint density at radius 1 is 1.28 bits per heavy atom. The van der Waals surface area contributed by atoms with E-state index in [4.69, 9.17) is 10.5 Å². The highest BCUT2D eigenvalue weighted by Gasteiger charge is 2.58. The van der Waals surface area contributed by atoms with Gasteiger partial charge in [-0.2, -0.15) is 0 Å². The summed E-state index contributed by atoms with van der Waals surface area (Å²) in [5.41, 5.74) is 3.50. The number of halogens is 2. The largest absolute Gasteiger partial charge is 0.464 e. The lowest BCUT2D eigenvalue weighted by Crippen LogP contribution is -2.63. The molecule has 1 atom stereocenters. The fourth-order valence-electron chi connectivity index (χ4n) is 1.99. The predicted octanol–water partition coefficient (Wildman–Crippen LogP) is 2.77. The molecule has 1 aliphatic carbocycles. The number of alkyl halides is 2. The van der Waals surface area contributed by atoms with Gasteiger partial charge in [0.15, 0.2) is 5.54 Å². The molecular formula is C12H23F2NO2Si. The maximum atomic E-state index is 13.7. The summed E-state index contributed by atoms with van der Waals surface area (Å²) in [6.45, 7) is 6.60. The third-order valence-corrected chi connectivity index (χ3v) is 5.12. The van der Waals surface area contributed by atoms with Gasteiger partial charge in [0.25, 0.3) is 5.92 Å². The molecule has 1 rings (SSSR count). The van der Waals surface area contributed by atoms with Gasteiger partial charge in [0.1, 0.15) is 0 Å². The summed E-state index contributed by atoms with van der Waals surface area (Å²) in [6, 6.07) is 0.764. The highest BCUT2D eigenvalue weighted by atomic mass is 28.3. The van der Waals surface area contributed by atoms with Crippen LogP contribution in [0, 0.1) is 0 Å². The predicted molar refractivity (Wildman–Crippen MR) is 69.4 cm³/mol. The third kappa shape index (κ3) is 3.51. The van der Waals surface area contributed by atoms with Crippen LogP contribution < -0.4 is 5.73 Å². The lowest BCUT2D eigenvalue weighted by molar-refractivity contribution is -0.173. The molecule has 0 radical (unpaired) electrons. The Morgan fingerprint density at radius 3 is 2.33 bits per heavy atom. The van der Waals surface area contributed by atoms with Gasteiger partial charge < -0.3 is 10.5 Å². The normalized spacial score (nSPS) is 27.9. The van der Waals surface area contributed by atoms with Gasteiger partial charge in [0, 0.05) is 14.5 Å². The van der Waals surface area contributed by atoms with Gasteiger partial charge in [-0.1, -0.05) is 26.1 Å². The molecule has 3 nitrogen and oxygen atoms in total. The van der Waals surface area contributed by atoms with Crippen LogP contribution in [0.2, 0.25) is 25.7 Å². The number of carbonyl (C=O) groups is 1. The molecule has 18 heavy (non-hydrogen) atoms. The number of hydrogen-bond donors (Lipinski definition) is 1. The van der Waals surface area contributed by atoms with Gasteiger partial charge in [-0.3, -0.25) is 0 Å². The zero-order chi connectivity index (χ0) is 14.0. The lowest BCUT2D eigenvalue weighted by atomic mass is 9.79. The van der Waals surface area contributed by atoms with Gasteiger partial charge in [-0.05, 0) is 18.9 Å². The Hall–Kier alpha value is -0.493. The molecule has 0 spiro atoms. The molecule has 0 amide bonds. The molecule has 1 fully saturated rings. The van der Waals surface area contributed by atoms with Crippen molar-refractivity contribution in [1.82, 2.24) is 0 Å². The second-order valence-corrected chi connectivity index (χ2v) is 12.0. The van der Waals surface area contributed by atoms with Gasteiger partial charge in [0.2, 0.25) is 0 Å².